The fourth-order valence-electron chi connectivity index (χ4n) is 1.31. The first-order valence-electron chi connectivity index (χ1n) is 4.99. The molecule has 0 spiro atoms. The number of hydrogen-bond donors (Lipinski definition) is 1. The minimum absolute atomic E-state index is 0.334. The van der Waals surface area contributed by atoms with Gasteiger partial charge < -0.3 is 5.11 Å². The third-order valence-corrected chi connectivity index (χ3v) is 4.26. The van der Waals surface area contributed by atoms with E-state index >= 15 is 0 Å². The van der Waals surface area contributed by atoms with E-state index in [2.05, 4.69) is 9.97 Å². The van der Waals surface area contributed by atoms with Crippen molar-refractivity contribution in [3.8, 4) is 0 Å². The lowest BCUT2D eigenvalue weighted by Gasteiger charge is -2.00. The molecule has 0 amide bonds. The van der Waals surface area contributed by atoms with E-state index in [9.17, 15) is 4.79 Å². The number of rotatable bonds is 4. The van der Waals surface area contributed by atoms with Gasteiger partial charge in [0.2, 0.25) is 0 Å². The number of aryl methyl sites for hydroxylation is 1. The Kier molecular flexibility index (Phi) is 4.21. The predicted molar refractivity (Wildman–Crippen MR) is 72.6 cm³/mol. The molecule has 2 aromatic heterocycles. The van der Waals surface area contributed by atoms with Crippen molar-refractivity contribution in [3.05, 3.63) is 39.1 Å². The molecule has 0 saturated carbocycles. The molecule has 18 heavy (non-hydrogen) atoms. The van der Waals surface area contributed by atoms with Crippen molar-refractivity contribution in [2.24, 2.45) is 0 Å². The van der Waals surface area contributed by atoms with Crippen LogP contribution >= 0.6 is 34.7 Å². The summed E-state index contributed by atoms with van der Waals surface area (Å²) >= 11 is 8.55. The van der Waals surface area contributed by atoms with Crippen molar-refractivity contribution >= 4 is 40.7 Å². The van der Waals surface area contributed by atoms with Gasteiger partial charge in [0.05, 0.1) is 5.75 Å². The molecule has 0 aliphatic rings. The second-order valence-corrected chi connectivity index (χ2v) is 5.84. The molecule has 2 aromatic rings. The summed E-state index contributed by atoms with van der Waals surface area (Å²) < 4.78 is 0. The van der Waals surface area contributed by atoms with E-state index < -0.39 is 5.97 Å². The summed E-state index contributed by atoms with van der Waals surface area (Å²) in [5.41, 5.74) is 0.821. The largest absolute Gasteiger partial charge is 0.477 e. The van der Waals surface area contributed by atoms with Gasteiger partial charge in [0.1, 0.15) is 15.9 Å². The number of hydrogen-bond acceptors (Lipinski definition) is 5. The fraction of sp³-hybridized carbons (Fsp3) is 0.182. The summed E-state index contributed by atoms with van der Waals surface area (Å²) in [7, 11) is 0. The molecule has 4 nitrogen and oxygen atoms in total. The lowest BCUT2D eigenvalue weighted by molar-refractivity contribution is 0.0702. The van der Waals surface area contributed by atoms with E-state index in [1.807, 2.05) is 12.3 Å². The van der Waals surface area contributed by atoms with Crippen molar-refractivity contribution in [2.45, 2.75) is 17.6 Å². The predicted octanol–water partition coefficient (Wildman–Crippen LogP) is 3.49. The normalized spacial score (nSPS) is 10.6. The number of aromatic nitrogens is 2. The highest BCUT2D eigenvalue weighted by atomic mass is 35.5. The van der Waals surface area contributed by atoms with Crippen molar-refractivity contribution in [1.29, 1.82) is 0 Å². The maximum absolute atomic E-state index is 10.7. The summed E-state index contributed by atoms with van der Waals surface area (Å²) in [6, 6.07) is 3.35. The standard InChI is InChI=1S/C11H9ClN2O2S2/c1-6-2-9(12)14-10(13-6)5-17-7-3-8(11(15)16)18-4-7/h2-4H,5H2,1H3,(H,15,16). The van der Waals surface area contributed by atoms with Crippen molar-refractivity contribution in [3.63, 3.8) is 0 Å². The molecule has 94 valence electrons. The second-order valence-electron chi connectivity index (χ2n) is 3.49. The van der Waals surface area contributed by atoms with E-state index in [1.54, 1.807) is 12.1 Å². The summed E-state index contributed by atoms with van der Waals surface area (Å²) in [6.07, 6.45) is 0. The van der Waals surface area contributed by atoms with Crippen molar-refractivity contribution in [2.75, 3.05) is 0 Å². The van der Waals surface area contributed by atoms with E-state index in [4.69, 9.17) is 16.7 Å². The van der Waals surface area contributed by atoms with E-state index in [0.717, 1.165) is 10.6 Å². The maximum atomic E-state index is 10.7. The van der Waals surface area contributed by atoms with Gasteiger partial charge in [-0.05, 0) is 19.1 Å². The van der Waals surface area contributed by atoms with E-state index in [1.165, 1.54) is 23.1 Å². The second kappa shape index (κ2) is 5.69. The Balaban J connectivity index is 2.04. The Morgan fingerprint density at radius 2 is 2.28 bits per heavy atom. The van der Waals surface area contributed by atoms with Gasteiger partial charge in [-0.1, -0.05) is 11.6 Å². The zero-order valence-corrected chi connectivity index (χ0v) is 11.8. The molecule has 0 unspecified atom stereocenters. The van der Waals surface area contributed by atoms with Crippen molar-refractivity contribution < 1.29 is 9.90 Å². The summed E-state index contributed by atoms with van der Waals surface area (Å²) in [5, 5.41) is 11.1. The summed E-state index contributed by atoms with van der Waals surface area (Å²) in [6.45, 7) is 1.86. The van der Waals surface area contributed by atoms with E-state index in [-0.39, 0.29) is 0 Å². The van der Waals surface area contributed by atoms with Gasteiger partial charge in [-0.3, -0.25) is 0 Å². The van der Waals surface area contributed by atoms with Gasteiger partial charge in [-0.2, -0.15) is 0 Å². The molecular formula is C11H9ClN2O2S2. The zero-order valence-electron chi connectivity index (χ0n) is 9.38. The Morgan fingerprint density at radius 3 is 2.89 bits per heavy atom. The number of carboxylic acid groups (broad SMARTS) is 1. The van der Waals surface area contributed by atoms with Crippen LogP contribution in [0.3, 0.4) is 0 Å². The lowest BCUT2D eigenvalue weighted by atomic mass is 10.4. The van der Waals surface area contributed by atoms with Gasteiger partial charge >= 0.3 is 5.97 Å². The zero-order chi connectivity index (χ0) is 13.1. The molecule has 0 aliphatic carbocycles. The smallest absolute Gasteiger partial charge is 0.345 e. The third kappa shape index (κ3) is 3.44. The summed E-state index contributed by atoms with van der Waals surface area (Å²) in [5.74, 6) is 0.312. The molecule has 0 fully saturated rings. The molecule has 0 radical (unpaired) electrons. The monoisotopic (exact) mass is 300 g/mol. The number of halogens is 1. The molecule has 7 heteroatoms. The van der Waals surface area contributed by atoms with Crippen LogP contribution in [0.15, 0.2) is 22.4 Å². The Hall–Kier alpha value is -1.11. The Morgan fingerprint density at radius 1 is 1.50 bits per heavy atom. The highest BCUT2D eigenvalue weighted by Crippen LogP contribution is 2.27. The van der Waals surface area contributed by atoms with Crippen LogP contribution in [0.4, 0.5) is 0 Å². The van der Waals surface area contributed by atoms with Gasteiger partial charge in [-0.25, -0.2) is 14.8 Å². The lowest BCUT2D eigenvalue weighted by Crippen LogP contribution is -1.95. The van der Waals surface area contributed by atoms with Crippen LogP contribution in [0, 0.1) is 6.92 Å². The van der Waals surface area contributed by atoms with Gasteiger partial charge in [0.25, 0.3) is 0 Å². The first kappa shape index (κ1) is 13.3. The first-order valence-corrected chi connectivity index (χ1v) is 7.23. The van der Waals surface area contributed by atoms with Gasteiger partial charge in [-0.15, -0.1) is 23.1 Å². The van der Waals surface area contributed by atoms with Crippen LogP contribution in [0.5, 0.6) is 0 Å². The molecule has 0 aliphatic heterocycles. The Bertz CT molecular complexity index is 566. The van der Waals surface area contributed by atoms with Crippen LogP contribution in [-0.4, -0.2) is 21.0 Å². The first-order chi connectivity index (χ1) is 8.54. The average molecular weight is 301 g/mol. The van der Waals surface area contributed by atoms with Gasteiger partial charge in [0, 0.05) is 16.0 Å². The topological polar surface area (TPSA) is 63.1 Å². The van der Waals surface area contributed by atoms with Crippen molar-refractivity contribution in [1.82, 2.24) is 9.97 Å². The molecule has 0 bridgehead atoms. The number of thiophene rings is 1. The number of nitrogens with zero attached hydrogens (tertiary/aromatic N) is 2. The van der Waals surface area contributed by atoms with Crippen LogP contribution in [-0.2, 0) is 5.75 Å². The number of aromatic carboxylic acids is 1. The molecular weight excluding hydrogens is 292 g/mol. The van der Waals surface area contributed by atoms with Crippen LogP contribution in [0.1, 0.15) is 21.2 Å². The average Bonchev–Trinajstić information content (AvgIpc) is 2.73. The highest BCUT2D eigenvalue weighted by molar-refractivity contribution is 7.98. The van der Waals surface area contributed by atoms with E-state index in [0.29, 0.717) is 21.6 Å². The Labute approximate surface area is 117 Å². The van der Waals surface area contributed by atoms with Crippen LogP contribution in [0.2, 0.25) is 5.15 Å². The molecule has 0 atom stereocenters. The SMILES string of the molecule is Cc1cc(Cl)nc(CSc2csc(C(=O)O)c2)n1. The van der Waals surface area contributed by atoms with Crippen LogP contribution < -0.4 is 0 Å². The molecule has 0 aromatic carbocycles. The number of carboxylic acids is 1. The molecule has 2 rings (SSSR count). The van der Waals surface area contributed by atoms with Gasteiger partial charge in [0.15, 0.2) is 0 Å². The minimum Gasteiger partial charge on any atom is -0.477 e. The fourth-order valence-corrected chi connectivity index (χ4v) is 3.29. The number of thioether (sulfide) groups is 1. The molecule has 0 saturated heterocycles. The summed E-state index contributed by atoms with van der Waals surface area (Å²) in [4.78, 5) is 20.3. The molecule has 1 N–H and O–H groups in total. The van der Waals surface area contributed by atoms with Crippen LogP contribution in [0.25, 0.3) is 0 Å². The quantitative estimate of drug-likeness (QED) is 0.692. The highest BCUT2D eigenvalue weighted by Gasteiger charge is 2.08. The molecule has 2 heterocycles. The maximum Gasteiger partial charge on any atom is 0.345 e. The third-order valence-electron chi connectivity index (χ3n) is 2.02. The number of carbonyl (C=O) groups is 1. The minimum atomic E-state index is -0.901.